The predicted octanol–water partition coefficient (Wildman–Crippen LogP) is 0.796. The van der Waals surface area contributed by atoms with Crippen LogP contribution in [0.1, 0.15) is 33.6 Å². The van der Waals surface area contributed by atoms with Gasteiger partial charge in [0.15, 0.2) is 5.69 Å². The minimum Gasteiger partial charge on any atom is -0.494 e. The Morgan fingerprint density at radius 3 is 2.69 bits per heavy atom. The van der Waals surface area contributed by atoms with Gasteiger partial charge in [0.05, 0.1) is 0 Å². The Morgan fingerprint density at radius 2 is 2.12 bits per heavy atom. The summed E-state index contributed by atoms with van der Waals surface area (Å²) in [5.41, 5.74) is 4.80. The molecule has 0 aliphatic carbocycles. The van der Waals surface area contributed by atoms with Crippen LogP contribution in [0.3, 0.4) is 0 Å². The van der Waals surface area contributed by atoms with Crippen molar-refractivity contribution in [1.82, 2.24) is 9.55 Å². The van der Waals surface area contributed by atoms with Crippen molar-refractivity contribution in [2.45, 2.75) is 40.2 Å². The molecule has 1 aliphatic heterocycles. The molecule has 1 aliphatic rings. The third-order valence-electron chi connectivity index (χ3n) is 3.87. The van der Waals surface area contributed by atoms with Gasteiger partial charge in [0.25, 0.3) is 11.5 Å². The number of H-pyrrole nitrogens is 1. The molecule has 0 bridgehead atoms. The van der Waals surface area contributed by atoms with Gasteiger partial charge in [0.2, 0.25) is 5.76 Å². The summed E-state index contributed by atoms with van der Waals surface area (Å²) in [5.74, 6) is -0.418. The molecule has 0 radical (unpaired) electrons. The molecule has 0 atom stereocenters. The molecule has 0 unspecified atom stereocenters. The number of anilines is 2. The third kappa shape index (κ3) is 4.27. The lowest BCUT2D eigenvalue weighted by Crippen LogP contribution is -2.43. The zero-order valence-corrected chi connectivity index (χ0v) is 15.4. The first-order chi connectivity index (χ1) is 12.4. The SMILES string of the molecule is CCCCN(C(=O)C1=COCCO1)c1c(N)n(CC(C)C)c(=O)[nH]c1=O. The van der Waals surface area contributed by atoms with E-state index in [1.165, 1.54) is 15.7 Å². The molecule has 26 heavy (non-hydrogen) atoms. The number of nitrogen functional groups attached to an aromatic ring is 1. The van der Waals surface area contributed by atoms with Gasteiger partial charge in [-0.05, 0) is 12.3 Å². The second-order valence-corrected chi connectivity index (χ2v) is 6.51. The highest BCUT2D eigenvalue weighted by molar-refractivity contribution is 6.05. The number of nitrogens with zero attached hydrogens (tertiary/aromatic N) is 2. The summed E-state index contributed by atoms with van der Waals surface area (Å²) in [7, 11) is 0. The third-order valence-corrected chi connectivity index (χ3v) is 3.87. The molecule has 1 aromatic heterocycles. The molecular weight excluding hydrogens is 340 g/mol. The summed E-state index contributed by atoms with van der Waals surface area (Å²) in [4.78, 5) is 41.0. The molecule has 2 heterocycles. The number of aromatic amines is 1. The Hall–Kier alpha value is -2.71. The van der Waals surface area contributed by atoms with Crippen molar-refractivity contribution in [3.63, 3.8) is 0 Å². The number of nitrogens with one attached hydrogen (secondary N) is 1. The Bertz CT molecular complexity index is 793. The van der Waals surface area contributed by atoms with Crippen LogP contribution in [-0.2, 0) is 20.8 Å². The van der Waals surface area contributed by atoms with E-state index in [2.05, 4.69) is 4.98 Å². The molecule has 0 spiro atoms. The normalized spacial score (nSPS) is 13.8. The van der Waals surface area contributed by atoms with Crippen molar-refractivity contribution in [2.24, 2.45) is 5.92 Å². The van der Waals surface area contributed by atoms with E-state index in [1.54, 1.807) is 0 Å². The fourth-order valence-corrected chi connectivity index (χ4v) is 2.63. The highest BCUT2D eigenvalue weighted by Crippen LogP contribution is 2.21. The molecule has 9 heteroatoms. The molecule has 144 valence electrons. The maximum absolute atomic E-state index is 12.9. The molecular formula is C17H26N4O5. The fourth-order valence-electron chi connectivity index (χ4n) is 2.63. The van der Waals surface area contributed by atoms with Gasteiger partial charge in [0, 0.05) is 13.1 Å². The number of carbonyl (C=O) groups is 1. The summed E-state index contributed by atoms with van der Waals surface area (Å²) >= 11 is 0. The largest absolute Gasteiger partial charge is 0.494 e. The van der Waals surface area contributed by atoms with E-state index in [-0.39, 0.29) is 36.3 Å². The van der Waals surface area contributed by atoms with E-state index in [4.69, 9.17) is 15.2 Å². The van der Waals surface area contributed by atoms with Gasteiger partial charge in [-0.2, -0.15) is 0 Å². The van der Waals surface area contributed by atoms with Crippen LogP contribution in [0, 0.1) is 5.92 Å². The van der Waals surface area contributed by atoms with E-state index in [0.717, 1.165) is 6.42 Å². The van der Waals surface area contributed by atoms with Gasteiger partial charge in [0.1, 0.15) is 25.3 Å². The van der Waals surface area contributed by atoms with Crippen molar-refractivity contribution in [3.05, 3.63) is 32.9 Å². The van der Waals surface area contributed by atoms with Gasteiger partial charge < -0.3 is 15.2 Å². The average Bonchev–Trinajstić information content (AvgIpc) is 2.61. The molecule has 1 aromatic rings. The number of carbonyl (C=O) groups excluding carboxylic acids is 1. The van der Waals surface area contributed by atoms with Crippen LogP contribution in [0.25, 0.3) is 0 Å². The van der Waals surface area contributed by atoms with Crippen LogP contribution >= 0.6 is 0 Å². The molecule has 3 N–H and O–H groups in total. The van der Waals surface area contributed by atoms with Crippen molar-refractivity contribution in [2.75, 3.05) is 30.4 Å². The maximum atomic E-state index is 12.9. The number of amides is 1. The van der Waals surface area contributed by atoms with Crippen LogP contribution in [0.5, 0.6) is 0 Å². The summed E-state index contributed by atoms with van der Waals surface area (Å²) < 4.78 is 11.8. The lowest BCUT2D eigenvalue weighted by Gasteiger charge is -2.26. The number of unbranched alkanes of at least 4 members (excludes halogenated alkanes) is 1. The second kappa shape index (κ2) is 8.59. The van der Waals surface area contributed by atoms with E-state index in [9.17, 15) is 14.4 Å². The zero-order valence-electron chi connectivity index (χ0n) is 15.4. The quantitative estimate of drug-likeness (QED) is 0.736. The molecule has 1 amide bonds. The number of nitrogens with two attached hydrogens (primary N) is 1. The Labute approximate surface area is 151 Å². The minimum atomic E-state index is -0.700. The summed E-state index contributed by atoms with van der Waals surface area (Å²) in [6, 6.07) is 0. The minimum absolute atomic E-state index is 0.00719. The topological polar surface area (TPSA) is 120 Å². The van der Waals surface area contributed by atoms with E-state index in [1.807, 2.05) is 20.8 Å². The van der Waals surface area contributed by atoms with Crippen LogP contribution in [0.15, 0.2) is 21.6 Å². The van der Waals surface area contributed by atoms with E-state index < -0.39 is 17.2 Å². The molecule has 9 nitrogen and oxygen atoms in total. The van der Waals surface area contributed by atoms with Crippen molar-refractivity contribution < 1.29 is 14.3 Å². The van der Waals surface area contributed by atoms with Crippen LogP contribution in [0.2, 0.25) is 0 Å². The van der Waals surface area contributed by atoms with Gasteiger partial charge >= 0.3 is 5.69 Å². The summed E-state index contributed by atoms with van der Waals surface area (Å²) in [6.07, 6.45) is 2.70. The van der Waals surface area contributed by atoms with E-state index >= 15 is 0 Å². The van der Waals surface area contributed by atoms with Crippen molar-refractivity contribution >= 4 is 17.4 Å². The number of rotatable bonds is 7. The van der Waals surface area contributed by atoms with E-state index in [0.29, 0.717) is 19.6 Å². The zero-order chi connectivity index (χ0) is 19.3. The van der Waals surface area contributed by atoms with Gasteiger partial charge in [-0.25, -0.2) is 4.79 Å². The van der Waals surface area contributed by atoms with Crippen LogP contribution < -0.4 is 21.9 Å². The summed E-state index contributed by atoms with van der Waals surface area (Å²) in [5, 5.41) is 0. The number of ether oxygens (including phenoxy) is 2. The van der Waals surface area contributed by atoms with Crippen LogP contribution in [0.4, 0.5) is 11.5 Å². The standard InChI is InChI=1S/C17H26N4O5/c1-4-5-6-20(16(23)12-10-25-7-8-26-12)13-14(18)21(9-11(2)3)17(24)19-15(13)22/h10-11H,4-9,18H2,1-3H3,(H,19,22,24). The molecule has 2 rings (SSSR count). The van der Waals surface area contributed by atoms with Gasteiger partial charge in [-0.3, -0.25) is 24.0 Å². The smallest absolute Gasteiger partial charge is 0.330 e. The fraction of sp³-hybridized carbons (Fsp3) is 0.588. The Kier molecular flexibility index (Phi) is 6.48. The molecule has 0 aromatic carbocycles. The second-order valence-electron chi connectivity index (χ2n) is 6.51. The first-order valence-corrected chi connectivity index (χ1v) is 8.75. The average molecular weight is 366 g/mol. The monoisotopic (exact) mass is 366 g/mol. The molecule has 0 saturated carbocycles. The first kappa shape index (κ1) is 19.6. The van der Waals surface area contributed by atoms with Crippen LogP contribution in [-0.4, -0.2) is 35.2 Å². The lowest BCUT2D eigenvalue weighted by molar-refractivity contribution is -0.119. The Morgan fingerprint density at radius 1 is 1.38 bits per heavy atom. The number of hydrogen-bond acceptors (Lipinski definition) is 6. The van der Waals surface area contributed by atoms with Gasteiger partial charge in [-0.1, -0.05) is 27.2 Å². The molecule has 0 fully saturated rings. The summed E-state index contributed by atoms with van der Waals surface area (Å²) in [6.45, 7) is 7.01. The Balaban J connectivity index is 2.53. The maximum Gasteiger partial charge on any atom is 0.330 e. The van der Waals surface area contributed by atoms with Gasteiger partial charge in [-0.15, -0.1) is 0 Å². The predicted molar refractivity (Wildman–Crippen MR) is 97.8 cm³/mol. The molecule has 0 saturated heterocycles. The highest BCUT2D eigenvalue weighted by Gasteiger charge is 2.28. The highest BCUT2D eigenvalue weighted by atomic mass is 16.6. The first-order valence-electron chi connectivity index (χ1n) is 8.75. The van der Waals surface area contributed by atoms with Crippen molar-refractivity contribution in [3.8, 4) is 0 Å². The lowest BCUT2D eigenvalue weighted by atomic mass is 10.2. The number of hydrogen-bond donors (Lipinski definition) is 2. The van der Waals surface area contributed by atoms with Crippen molar-refractivity contribution in [1.29, 1.82) is 0 Å². The number of aromatic nitrogens is 2.